The summed E-state index contributed by atoms with van der Waals surface area (Å²) < 4.78 is 20.0. The van der Waals surface area contributed by atoms with Crippen LogP contribution in [0.25, 0.3) is 0 Å². The predicted octanol–water partition coefficient (Wildman–Crippen LogP) is 2.73. The van der Waals surface area contributed by atoms with Gasteiger partial charge in [-0.25, -0.2) is 4.39 Å². The minimum Gasteiger partial charge on any atom is -0.375 e. The molecule has 1 saturated carbocycles. The first-order valence-electron chi connectivity index (χ1n) is 8.07. The van der Waals surface area contributed by atoms with Crippen LogP contribution in [0.5, 0.6) is 0 Å². The van der Waals surface area contributed by atoms with Crippen molar-refractivity contribution in [2.24, 2.45) is 0 Å². The Kier molecular flexibility index (Phi) is 4.88. The zero-order valence-electron chi connectivity index (χ0n) is 12.7. The average molecular weight is 292 g/mol. The van der Waals surface area contributed by atoms with Gasteiger partial charge in [0.1, 0.15) is 5.82 Å². The molecule has 1 aliphatic carbocycles. The quantitative estimate of drug-likeness (QED) is 0.923. The summed E-state index contributed by atoms with van der Waals surface area (Å²) in [6.07, 6.45) is 5.32. The Morgan fingerprint density at radius 3 is 2.95 bits per heavy atom. The third-order valence-electron chi connectivity index (χ3n) is 4.89. The van der Waals surface area contributed by atoms with Gasteiger partial charge in [-0.05, 0) is 26.0 Å². The molecule has 3 atom stereocenters. The molecule has 1 saturated heterocycles. The number of ether oxygens (including phenoxy) is 1. The van der Waals surface area contributed by atoms with E-state index in [1.807, 2.05) is 19.2 Å². The van der Waals surface area contributed by atoms with Gasteiger partial charge in [0.05, 0.1) is 12.7 Å². The van der Waals surface area contributed by atoms with Crippen LogP contribution in [-0.2, 0) is 4.74 Å². The predicted molar refractivity (Wildman–Crippen MR) is 81.8 cm³/mol. The van der Waals surface area contributed by atoms with Gasteiger partial charge in [-0.15, -0.1) is 0 Å². The molecule has 3 rings (SSSR count). The SMILES string of the molecule is CNC(CN1CCOC2CCCCC21)c1ccccc1F. The summed E-state index contributed by atoms with van der Waals surface area (Å²) in [5, 5.41) is 3.28. The van der Waals surface area contributed by atoms with E-state index in [-0.39, 0.29) is 11.9 Å². The lowest BCUT2D eigenvalue weighted by molar-refractivity contribution is -0.0902. The van der Waals surface area contributed by atoms with Gasteiger partial charge in [-0.1, -0.05) is 31.0 Å². The van der Waals surface area contributed by atoms with Crippen LogP contribution >= 0.6 is 0 Å². The van der Waals surface area contributed by atoms with Gasteiger partial charge >= 0.3 is 0 Å². The molecule has 0 spiro atoms. The normalized spacial score (nSPS) is 28.1. The monoisotopic (exact) mass is 292 g/mol. The maximum absolute atomic E-state index is 14.0. The van der Waals surface area contributed by atoms with Crippen molar-refractivity contribution in [1.82, 2.24) is 10.2 Å². The molecule has 1 aliphatic heterocycles. The first-order chi connectivity index (χ1) is 10.3. The minimum absolute atomic E-state index is 0.0341. The fourth-order valence-electron chi connectivity index (χ4n) is 3.74. The second-order valence-electron chi connectivity index (χ2n) is 6.12. The van der Waals surface area contributed by atoms with Gasteiger partial charge in [0.25, 0.3) is 0 Å². The summed E-state index contributed by atoms with van der Waals surface area (Å²) >= 11 is 0. The number of hydrogen-bond donors (Lipinski definition) is 1. The minimum atomic E-state index is -0.120. The smallest absolute Gasteiger partial charge is 0.128 e. The topological polar surface area (TPSA) is 24.5 Å². The summed E-state index contributed by atoms with van der Waals surface area (Å²) in [5.41, 5.74) is 0.763. The molecule has 21 heavy (non-hydrogen) atoms. The van der Waals surface area contributed by atoms with Crippen molar-refractivity contribution in [1.29, 1.82) is 0 Å². The first kappa shape index (κ1) is 14.9. The van der Waals surface area contributed by atoms with Crippen LogP contribution in [0.2, 0.25) is 0 Å². The Morgan fingerprint density at radius 2 is 2.14 bits per heavy atom. The van der Waals surface area contributed by atoms with E-state index >= 15 is 0 Å². The van der Waals surface area contributed by atoms with Gasteiger partial charge in [-0.2, -0.15) is 0 Å². The summed E-state index contributed by atoms with van der Waals surface area (Å²) in [6, 6.07) is 7.63. The Hall–Kier alpha value is -0.970. The lowest BCUT2D eigenvalue weighted by Crippen LogP contribution is -2.54. The third-order valence-corrected chi connectivity index (χ3v) is 4.89. The molecular formula is C17H25FN2O. The van der Waals surface area contributed by atoms with Gasteiger partial charge in [0.15, 0.2) is 0 Å². The molecule has 2 aliphatic rings. The van der Waals surface area contributed by atoms with E-state index < -0.39 is 0 Å². The van der Waals surface area contributed by atoms with E-state index in [0.29, 0.717) is 12.1 Å². The molecule has 0 amide bonds. The van der Waals surface area contributed by atoms with Crippen molar-refractivity contribution >= 4 is 0 Å². The first-order valence-corrected chi connectivity index (χ1v) is 8.07. The van der Waals surface area contributed by atoms with Gasteiger partial charge < -0.3 is 10.1 Å². The largest absolute Gasteiger partial charge is 0.375 e. The van der Waals surface area contributed by atoms with Crippen molar-refractivity contribution in [3.05, 3.63) is 35.6 Å². The highest BCUT2D eigenvalue weighted by atomic mass is 19.1. The summed E-state index contributed by atoms with van der Waals surface area (Å²) in [5.74, 6) is -0.120. The maximum Gasteiger partial charge on any atom is 0.128 e. The van der Waals surface area contributed by atoms with Crippen LogP contribution in [0.15, 0.2) is 24.3 Å². The molecule has 2 fully saturated rings. The second kappa shape index (κ2) is 6.86. The van der Waals surface area contributed by atoms with Crippen LogP contribution < -0.4 is 5.32 Å². The molecule has 3 unspecified atom stereocenters. The van der Waals surface area contributed by atoms with E-state index in [9.17, 15) is 4.39 Å². The number of nitrogens with zero attached hydrogens (tertiary/aromatic N) is 1. The zero-order valence-corrected chi connectivity index (χ0v) is 12.7. The van der Waals surface area contributed by atoms with Crippen LogP contribution in [0, 0.1) is 5.82 Å². The van der Waals surface area contributed by atoms with Crippen molar-refractivity contribution in [3.63, 3.8) is 0 Å². The van der Waals surface area contributed by atoms with E-state index in [2.05, 4.69) is 10.2 Å². The molecule has 0 aromatic heterocycles. The highest BCUT2D eigenvalue weighted by Gasteiger charge is 2.35. The van der Waals surface area contributed by atoms with Gasteiger partial charge in [0.2, 0.25) is 0 Å². The number of likely N-dealkylation sites (N-methyl/N-ethyl adjacent to an activating group) is 1. The van der Waals surface area contributed by atoms with E-state index in [4.69, 9.17) is 4.74 Å². The molecular weight excluding hydrogens is 267 g/mol. The fraction of sp³-hybridized carbons (Fsp3) is 0.647. The van der Waals surface area contributed by atoms with Crippen molar-refractivity contribution in [2.75, 3.05) is 26.7 Å². The molecule has 116 valence electrons. The summed E-state index contributed by atoms with van der Waals surface area (Å²) in [7, 11) is 1.91. The maximum atomic E-state index is 14.0. The number of fused-ring (bicyclic) bond motifs is 1. The lowest BCUT2D eigenvalue weighted by atomic mass is 9.89. The van der Waals surface area contributed by atoms with Crippen molar-refractivity contribution in [3.8, 4) is 0 Å². The second-order valence-corrected chi connectivity index (χ2v) is 6.12. The van der Waals surface area contributed by atoms with Crippen LogP contribution in [0.4, 0.5) is 4.39 Å². The van der Waals surface area contributed by atoms with Crippen molar-refractivity contribution < 1.29 is 9.13 Å². The Labute approximate surface area is 126 Å². The Morgan fingerprint density at radius 1 is 1.33 bits per heavy atom. The van der Waals surface area contributed by atoms with Crippen LogP contribution in [0.1, 0.15) is 37.3 Å². The Bertz CT molecular complexity index is 466. The van der Waals surface area contributed by atoms with E-state index in [1.54, 1.807) is 12.1 Å². The highest BCUT2D eigenvalue weighted by Crippen LogP contribution is 2.30. The van der Waals surface area contributed by atoms with Gasteiger partial charge in [0, 0.05) is 30.7 Å². The highest BCUT2D eigenvalue weighted by molar-refractivity contribution is 5.21. The molecule has 0 bridgehead atoms. The number of rotatable bonds is 4. The number of halogens is 1. The molecule has 4 heteroatoms. The summed E-state index contributed by atoms with van der Waals surface area (Å²) in [4.78, 5) is 2.50. The molecule has 1 heterocycles. The van der Waals surface area contributed by atoms with Crippen LogP contribution in [-0.4, -0.2) is 43.8 Å². The molecule has 0 radical (unpaired) electrons. The molecule has 1 aromatic rings. The summed E-state index contributed by atoms with van der Waals surface area (Å²) in [6.45, 7) is 2.60. The molecule has 1 aromatic carbocycles. The zero-order chi connectivity index (χ0) is 14.7. The lowest BCUT2D eigenvalue weighted by Gasteiger charge is -2.45. The molecule has 3 nitrogen and oxygen atoms in total. The fourth-order valence-corrected chi connectivity index (χ4v) is 3.74. The number of hydrogen-bond acceptors (Lipinski definition) is 3. The van der Waals surface area contributed by atoms with E-state index in [1.165, 1.54) is 25.7 Å². The molecule has 1 N–H and O–H groups in total. The number of nitrogens with one attached hydrogen (secondary N) is 1. The average Bonchev–Trinajstić information content (AvgIpc) is 2.53. The van der Waals surface area contributed by atoms with Crippen molar-refractivity contribution in [2.45, 2.75) is 43.9 Å². The number of morpholine rings is 1. The number of benzene rings is 1. The Balaban J connectivity index is 1.72. The van der Waals surface area contributed by atoms with Crippen LogP contribution in [0.3, 0.4) is 0 Å². The standard InChI is InChI=1S/C17H25FN2O/c1-19-15(13-6-2-3-7-14(13)18)12-20-10-11-21-17-9-5-4-8-16(17)20/h2-3,6-7,15-17,19H,4-5,8-12H2,1H3. The third kappa shape index (κ3) is 3.28. The van der Waals surface area contributed by atoms with Gasteiger partial charge in [-0.3, -0.25) is 4.90 Å². The van der Waals surface area contributed by atoms with E-state index in [0.717, 1.165) is 25.3 Å².